The van der Waals surface area contributed by atoms with E-state index in [-0.39, 0.29) is 13.0 Å². The molecule has 0 bridgehead atoms. The van der Waals surface area contributed by atoms with Crippen molar-refractivity contribution in [1.29, 1.82) is 0 Å². The van der Waals surface area contributed by atoms with E-state index in [4.69, 9.17) is 14.2 Å². The lowest BCUT2D eigenvalue weighted by molar-refractivity contribution is -0.305. The zero-order chi connectivity index (χ0) is 59.6. The highest BCUT2D eigenvalue weighted by Gasteiger charge is 2.47. The summed E-state index contributed by atoms with van der Waals surface area (Å²) >= 11 is 0. The fraction of sp³-hybridized carbons (Fsp3) is 0.887. The van der Waals surface area contributed by atoms with E-state index in [1.165, 1.54) is 231 Å². The molecule has 1 aliphatic rings. The minimum atomic E-state index is -1.61. The van der Waals surface area contributed by atoms with Crippen molar-refractivity contribution in [3.05, 3.63) is 36.5 Å². The van der Waals surface area contributed by atoms with Crippen LogP contribution in [0, 0.1) is 0 Å². The molecule has 1 rings (SSSR count). The molecule has 1 fully saturated rings. The summed E-state index contributed by atoms with van der Waals surface area (Å²) in [6, 6.07) is -1.02. The van der Waals surface area contributed by atoms with Crippen LogP contribution in [0.5, 0.6) is 0 Å². The summed E-state index contributed by atoms with van der Waals surface area (Å²) in [6.45, 7) is 5.81. The molecule has 1 heterocycles. The van der Waals surface area contributed by atoms with Crippen LogP contribution in [0.15, 0.2) is 36.5 Å². The van der Waals surface area contributed by atoms with Gasteiger partial charge in [0.25, 0.3) is 0 Å². The molecule has 0 aliphatic carbocycles. The topological polar surface area (TPSA) is 175 Å². The molecule has 6 N–H and O–H groups in total. The molecular formula is C71H133NO10. The summed E-state index contributed by atoms with van der Waals surface area (Å²) < 4.78 is 17.7. The van der Waals surface area contributed by atoms with E-state index in [0.717, 1.165) is 64.2 Å². The average molecular weight is 1160 g/mol. The van der Waals surface area contributed by atoms with Gasteiger partial charge >= 0.3 is 5.97 Å². The van der Waals surface area contributed by atoms with Crippen LogP contribution in [0.25, 0.3) is 0 Å². The summed E-state index contributed by atoms with van der Waals surface area (Å²) in [5, 5.41) is 57.2. The van der Waals surface area contributed by atoms with Gasteiger partial charge in [-0.2, -0.15) is 0 Å². The molecule has 8 atom stereocenters. The smallest absolute Gasteiger partial charge is 0.306 e. The molecule has 1 amide bonds. The Labute approximate surface area is 504 Å². The number of rotatable bonds is 61. The number of aliphatic hydroxyl groups is 5. The number of ether oxygens (including phenoxy) is 3. The lowest BCUT2D eigenvalue weighted by atomic mass is 9.99. The van der Waals surface area contributed by atoms with Gasteiger partial charge in [0.15, 0.2) is 12.4 Å². The van der Waals surface area contributed by atoms with Gasteiger partial charge in [-0.3, -0.25) is 9.59 Å². The van der Waals surface area contributed by atoms with Crippen LogP contribution >= 0.6 is 0 Å². The molecule has 0 saturated carbocycles. The lowest BCUT2D eigenvalue weighted by Crippen LogP contribution is -2.61. The van der Waals surface area contributed by atoms with Gasteiger partial charge in [-0.25, -0.2) is 0 Å². The maximum Gasteiger partial charge on any atom is 0.306 e. The fourth-order valence-electron chi connectivity index (χ4n) is 11.2. The Bertz CT molecular complexity index is 1470. The van der Waals surface area contributed by atoms with Gasteiger partial charge in [-0.1, -0.05) is 314 Å². The van der Waals surface area contributed by atoms with Crippen LogP contribution in [-0.2, 0) is 23.8 Å². The zero-order valence-electron chi connectivity index (χ0n) is 53.6. The number of allylic oxidation sites excluding steroid dienone is 5. The third-order valence-corrected chi connectivity index (χ3v) is 16.8. The molecule has 1 aliphatic heterocycles. The van der Waals surface area contributed by atoms with Crippen LogP contribution in [0.4, 0.5) is 0 Å². The largest absolute Gasteiger partial charge is 0.454 e. The highest BCUT2D eigenvalue weighted by atomic mass is 16.7. The highest BCUT2D eigenvalue weighted by molar-refractivity contribution is 5.80. The number of hydrogen-bond acceptors (Lipinski definition) is 10. The van der Waals surface area contributed by atoms with E-state index in [1.807, 2.05) is 6.08 Å². The summed E-state index contributed by atoms with van der Waals surface area (Å²) in [6.07, 6.45) is 61.9. The number of carbonyl (C=O) groups is 2. The summed E-state index contributed by atoms with van der Waals surface area (Å²) in [5.41, 5.74) is 0. The van der Waals surface area contributed by atoms with E-state index in [0.29, 0.717) is 19.3 Å². The molecule has 0 aromatic rings. The van der Waals surface area contributed by atoms with Gasteiger partial charge in [-0.05, 0) is 57.8 Å². The predicted molar refractivity (Wildman–Crippen MR) is 343 cm³/mol. The molecule has 0 aromatic heterocycles. The van der Waals surface area contributed by atoms with Gasteiger partial charge in [0.1, 0.15) is 24.4 Å². The van der Waals surface area contributed by atoms with Crippen molar-refractivity contribution >= 4 is 11.9 Å². The molecule has 11 nitrogen and oxygen atoms in total. The Kier molecular flexibility index (Phi) is 56.3. The summed E-state index contributed by atoms with van der Waals surface area (Å²) in [7, 11) is 0. The first-order chi connectivity index (χ1) is 40.2. The number of unbranched alkanes of at least 4 members (excludes halogenated alkanes) is 43. The Morgan fingerprint density at radius 1 is 0.476 bits per heavy atom. The number of esters is 1. The van der Waals surface area contributed by atoms with E-state index >= 15 is 0 Å². The number of amides is 1. The molecular weight excluding hydrogens is 1030 g/mol. The van der Waals surface area contributed by atoms with Crippen molar-refractivity contribution in [2.24, 2.45) is 0 Å². The summed E-state index contributed by atoms with van der Waals surface area (Å²) in [4.78, 5) is 26.6. The van der Waals surface area contributed by atoms with Crippen LogP contribution < -0.4 is 5.32 Å². The van der Waals surface area contributed by atoms with Gasteiger partial charge in [0.05, 0.1) is 25.4 Å². The first-order valence-corrected chi connectivity index (χ1v) is 35.3. The van der Waals surface area contributed by atoms with Crippen molar-refractivity contribution < 1.29 is 49.3 Å². The van der Waals surface area contributed by atoms with E-state index in [1.54, 1.807) is 6.08 Å². The van der Waals surface area contributed by atoms with E-state index < -0.39 is 67.4 Å². The fourth-order valence-corrected chi connectivity index (χ4v) is 11.2. The average Bonchev–Trinajstić information content (AvgIpc) is 3.55. The van der Waals surface area contributed by atoms with Crippen molar-refractivity contribution in [2.75, 3.05) is 13.2 Å². The van der Waals surface area contributed by atoms with E-state index in [9.17, 15) is 35.1 Å². The van der Waals surface area contributed by atoms with Crippen LogP contribution in [0.3, 0.4) is 0 Å². The Morgan fingerprint density at radius 3 is 1.27 bits per heavy atom. The highest BCUT2D eigenvalue weighted by Crippen LogP contribution is 2.26. The Morgan fingerprint density at radius 2 is 0.841 bits per heavy atom. The normalized spacial score (nSPS) is 18.8. The second kappa shape index (κ2) is 59.2. The van der Waals surface area contributed by atoms with Crippen LogP contribution in [0.2, 0.25) is 0 Å². The minimum Gasteiger partial charge on any atom is -0.454 e. The molecule has 0 radical (unpaired) electrons. The molecule has 0 aromatic carbocycles. The molecule has 1 saturated heterocycles. The zero-order valence-corrected chi connectivity index (χ0v) is 53.6. The molecule has 482 valence electrons. The van der Waals surface area contributed by atoms with Gasteiger partial charge in [-0.15, -0.1) is 0 Å². The lowest BCUT2D eigenvalue weighted by Gasteiger charge is -2.41. The van der Waals surface area contributed by atoms with Crippen LogP contribution in [-0.4, -0.2) is 99.6 Å². The maximum absolute atomic E-state index is 13.5. The van der Waals surface area contributed by atoms with Crippen molar-refractivity contribution in [1.82, 2.24) is 5.32 Å². The second-order valence-electron chi connectivity index (χ2n) is 24.6. The molecule has 11 heteroatoms. The molecule has 0 spiro atoms. The van der Waals surface area contributed by atoms with Gasteiger partial charge < -0.3 is 45.1 Å². The third kappa shape index (κ3) is 46.1. The maximum atomic E-state index is 13.5. The number of carbonyl (C=O) groups excluding carboxylic acids is 2. The second-order valence-corrected chi connectivity index (χ2v) is 24.6. The monoisotopic (exact) mass is 1160 g/mol. The first-order valence-electron chi connectivity index (χ1n) is 35.3. The van der Waals surface area contributed by atoms with Crippen molar-refractivity contribution in [3.8, 4) is 0 Å². The number of hydrogen-bond donors (Lipinski definition) is 6. The van der Waals surface area contributed by atoms with Gasteiger partial charge in [0, 0.05) is 6.42 Å². The minimum absolute atomic E-state index is 0.129. The number of nitrogens with one attached hydrogen (secondary N) is 1. The SMILES string of the molecule is CCCCC/C=C\C/C=C\CCCCCCCCCCCCCCCCCCC(O)C(=O)NC(COC1OC(CO)C(O)C(O)C1OC(=O)CCCCCCCCCCCCCCCC)C(O)/C=C/CCCCCCCCCCCCC. The Hall–Kier alpha value is -2.12. The summed E-state index contributed by atoms with van der Waals surface area (Å²) in [5.74, 6) is -1.18. The standard InChI is InChI=1S/C71H133NO10/c1-4-7-10-13-16-19-22-25-27-28-29-30-31-32-33-34-35-36-37-38-40-43-46-49-52-55-58-64(75)70(79)72-62(63(74)57-54-51-48-45-42-39-24-21-18-15-12-9-6-3)61-80-71-69(68(78)67(77)65(60-73)81-71)82-66(76)59-56-53-50-47-44-41-26-23-20-17-14-11-8-5-2/h16,19,25,27,54,57,62-65,67-69,71,73-75,77-78H,4-15,17-18,20-24,26,28-53,55-56,58-61H2,1-3H3,(H,72,79)/b19-16-,27-25-,57-54+. The molecule has 8 unspecified atom stereocenters. The molecule has 82 heavy (non-hydrogen) atoms. The predicted octanol–water partition coefficient (Wildman–Crippen LogP) is 17.8. The van der Waals surface area contributed by atoms with Crippen molar-refractivity contribution in [3.63, 3.8) is 0 Å². The Balaban J connectivity index is 2.55. The van der Waals surface area contributed by atoms with Crippen molar-refractivity contribution in [2.45, 2.75) is 391 Å². The van der Waals surface area contributed by atoms with Gasteiger partial charge in [0.2, 0.25) is 5.91 Å². The van der Waals surface area contributed by atoms with E-state index in [2.05, 4.69) is 50.4 Å². The number of aliphatic hydroxyl groups excluding tert-OH is 5. The quantitative estimate of drug-likeness (QED) is 0.0195. The van der Waals surface area contributed by atoms with Crippen LogP contribution in [0.1, 0.15) is 342 Å². The third-order valence-electron chi connectivity index (χ3n) is 16.8. The first kappa shape index (κ1) is 77.9.